The summed E-state index contributed by atoms with van der Waals surface area (Å²) in [6.45, 7) is 4.25. The molecule has 1 saturated heterocycles. The van der Waals surface area contributed by atoms with Gasteiger partial charge in [0.15, 0.2) is 0 Å². The first-order chi connectivity index (χ1) is 5.57. The minimum Gasteiger partial charge on any atom is -0.396 e. The summed E-state index contributed by atoms with van der Waals surface area (Å²) in [5, 5.41) is 17.9. The molecule has 0 spiro atoms. The van der Waals surface area contributed by atoms with E-state index in [1.807, 2.05) is 13.8 Å². The van der Waals surface area contributed by atoms with E-state index in [-0.39, 0.29) is 30.8 Å². The lowest BCUT2D eigenvalue weighted by atomic mass is 9.86. The Balaban J connectivity index is 2.53. The predicted molar refractivity (Wildman–Crippen MR) is 45.8 cm³/mol. The zero-order valence-corrected chi connectivity index (χ0v) is 7.79. The van der Waals surface area contributed by atoms with Crippen molar-refractivity contribution in [1.29, 1.82) is 0 Å². The maximum Gasteiger partial charge on any atom is 0.0816 e. The Bertz CT molecular complexity index is 131. The minimum atomic E-state index is -0.195. The highest BCUT2D eigenvalue weighted by Gasteiger charge is 2.33. The molecule has 0 amide bonds. The van der Waals surface area contributed by atoms with Gasteiger partial charge in [-0.1, -0.05) is 0 Å². The van der Waals surface area contributed by atoms with Crippen molar-refractivity contribution in [2.24, 2.45) is 5.92 Å². The van der Waals surface area contributed by atoms with Crippen LogP contribution >= 0.6 is 0 Å². The van der Waals surface area contributed by atoms with Crippen LogP contribution in [0.4, 0.5) is 0 Å². The number of aliphatic hydroxyl groups excluding tert-OH is 2. The molecule has 1 rings (SSSR count). The molecule has 1 aliphatic rings. The Hall–Kier alpha value is -0.120. The molecule has 0 aromatic heterocycles. The number of ether oxygens (including phenoxy) is 1. The summed E-state index contributed by atoms with van der Waals surface area (Å²) in [7, 11) is 0. The molecular formula is C9H18O3. The smallest absolute Gasteiger partial charge is 0.0816 e. The maximum atomic E-state index is 9.00. The van der Waals surface area contributed by atoms with Crippen molar-refractivity contribution >= 4 is 0 Å². The number of rotatable bonds is 2. The second kappa shape index (κ2) is 3.73. The van der Waals surface area contributed by atoms with E-state index in [1.54, 1.807) is 0 Å². The van der Waals surface area contributed by atoms with Crippen LogP contribution in [0.1, 0.15) is 26.7 Å². The summed E-state index contributed by atoms with van der Waals surface area (Å²) in [6, 6.07) is 0. The van der Waals surface area contributed by atoms with Crippen LogP contribution < -0.4 is 0 Å². The normalized spacial score (nSPS) is 35.0. The van der Waals surface area contributed by atoms with E-state index in [1.165, 1.54) is 0 Å². The summed E-state index contributed by atoms with van der Waals surface area (Å²) < 4.78 is 5.59. The fraction of sp³-hybridized carbons (Fsp3) is 1.00. The molecular weight excluding hydrogens is 156 g/mol. The highest BCUT2D eigenvalue weighted by molar-refractivity contribution is 4.82. The molecule has 1 aliphatic heterocycles. The molecule has 1 fully saturated rings. The van der Waals surface area contributed by atoms with E-state index in [0.717, 1.165) is 12.8 Å². The van der Waals surface area contributed by atoms with Gasteiger partial charge in [0.25, 0.3) is 0 Å². The van der Waals surface area contributed by atoms with Gasteiger partial charge >= 0.3 is 0 Å². The standard InChI is InChI=1S/C9H18O3/c1-9(2)4-7(5-10)3-8(6-11)12-9/h7-8,10-11H,3-6H2,1-2H3. The predicted octanol–water partition coefficient (Wildman–Crippen LogP) is 0.545. The van der Waals surface area contributed by atoms with E-state index in [0.29, 0.717) is 0 Å². The third-order valence-corrected chi connectivity index (χ3v) is 2.32. The minimum absolute atomic E-state index is 0.0555. The first-order valence-corrected chi connectivity index (χ1v) is 4.47. The van der Waals surface area contributed by atoms with Gasteiger partial charge in [-0.05, 0) is 32.6 Å². The van der Waals surface area contributed by atoms with Gasteiger partial charge in [0.1, 0.15) is 0 Å². The second-order valence-corrected chi connectivity index (χ2v) is 4.17. The molecule has 2 unspecified atom stereocenters. The van der Waals surface area contributed by atoms with Crippen LogP contribution in [0, 0.1) is 5.92 Å². The Labute approximate surface area is 73.4 Å². The molecule has 0 aromatic rings. The van der Waals surface area contributed by atoms with Crippen LogP contribution in [0.2, 0.25) is 0 Å². The Morgan fingerprint density at radius 3 is 2.50 bits per heavy atom. The quantitative estimate of drug-likeness (QED) is 0.642. The zero-order chi connectivity index (χ0) is 9.19. The number of hydrogen-bond acceptors (Lipinski definition) is 3. The molecule has 3 nitrogen and oxygen atoms in total. The third kappa shape index (κ3) is 2.44. The molecule has 72 valence electrons. The Kier molecular flexibility index (Phi) is 3.09. The zero-order valence-electron chi connectivity index (χ0n) is 7.79. The van der Waals surface area contributed by atoms with Crippen molar-refractivity contribution in [3.05, 3.63) is 0 Å². The van der Waals surface area contributed by atoms with Crippen LogP contribution in [0.3, 0.4) is 0 Å². The number of aliphatic hydroxyl groups is 2. The monoisotopic (exact) mass is 174 g/mol. The van der Waals surface area contributed by atoms with Gasteiger partial charge in [0.05, 0.1) is 18.3 Å². The largest absolute Gasteiger partial charge is 0.396 e. The van der Waals surface area contributed by atoms with E-state index in [4.69, 9.17) is 14.9 Å². The summed E-state index contributed by atoms with van der Waals surface area (Å²) in [5.41, 5.74) is -0.195. The lowest BCUT2D eigenvalue weighted by molar-refractivity contribution is -0.144. The van der Waals surface area contributed by atoms with Gasteiger partial charge in [0, 0.05) is 6.61 Å². The fourth-order valence-corrected chi connectivity index (χ4v) is 1.95. The van der Waals surface area contributed by atoms with Crippen molar-refractivity contribution < 1.29 is 14.9 Å². The lowest BCUT2D eigenvalue weighted by Gasteiger charge is -2.39. The van der Waals surface area contributed by atoms with Gasteiger partial charge in [-0.15, -0.1) is 0 Å². The van der Waals surface area contributed by atoms with Crippen molar-refractivity contribution in [2.45, 2.75) is 38.4 Å². The van der Waals surface area contributed by atoms with E-state index >= 15 is 0 Å². The SMILES string of the molecule is CC1(C)CC(CO)CC(CO)O1. The second-order valence-electron chi connectivity index (χ2n) is 4.17. The summed E-state index contributed by atoms with van der Waals surface area (Å²) in [6.07, 6.45) is 1.56. The van der Waals surface area contributed by atoms with E-state index in [9.17, 15) is 0 Å². The van der Waals surface area contributed by atoms with Crippen LogP contribution in [-0.2, 0) is 4.74 Å². The fourth-order valence-electron chi connectivity index (χ4n) is 1.95. The van der Waals surface area contributed by atoms with Crippen LogP contribution in [0.5, 0.6) is 0 Å². The Morgan fingerprint density at radius 1 is 1.33 bits per heavy atom. The molecule has 2 atom stereocenters. The molecule has 0 radical (unpaired) electrons. The average Bonchev–Trinajstić information content (AvgIpc) is 2.01. The lowest BCUT2D eigenvalue weighted by Crippen LogP contribution is -2.42. The molecule has 3 heteroatoms. The first kappa shape index (κ1) is 9.96. The first-order valence-electron chi connectivity index (χ1n) is 4.47. The van der Waals surface area contributed by atoms with Crippen LogP contribution in [-0.4, -0.2) is 35.1 Å². The molecule has 12 heavy (non-hydrogen) atoms. The molecule has 0 aliphatic carbocycles. The van der Waals surface area contributed by atoms with Gasteiger partial charge < -0.3 is 14.9 Å². The van der Waals surface area contributed by atoms with Gasteiger partial charge in [-0.2, -0.15) is 0 Å². The van der Waals surface area contributed by atoms with Crippen molar-refractivity contribution in [2.75, 3.05) is 13.2 Å². The van der Waals surface area contributed by atoms with Crippen LogP contribution in [0.25, 0.3) is 0 Å². The van der Waals surface area contributed by atoms with Crippen molar-refractivity contribution in [1.82, 2.24) is 0 Å². The summed E-state index contributed by atoms with van der Waals surface area (Å²) >= 11 is 0. The molecule has 2 N–H and O–H groups in total. The Morgan fingerprint density at radius 2 is 2.00 bits per heavy atom. The molecule has 0 aromatic carbocycles. The summed E-state index contributed by atoms with van der Waals surface area (Å²) in [5.74, 6) is 0.283. The third-order valence-electron chi connectivity index (χ3n) is 2.32. The number of hydrogen-bond donors (Lipinski definition) is 2. The van der Waals surface area contributed by atoms with Gasteiger partial charge in [-0.3, -0.25) is 0 Å². The summed E-state index contributed by atoms with van der Waals surface area (Å²) in [4.78, 5) is 0. The highest BCUT2D eigenvalue weighted by atomic mass is 16.5. The van der Waals surface area contributed by atoms with Crippen molar-refractivity contribution in [3.63, 3.8) is 0 Å². The van der Waals surface area contributed by atoms with E-state index in [2.05, 4.69) is 0 Å². The van der Waals surface area contributed by atoms with Gasteiger partial charge in [-0.25, -0.2) is 0 Å². The topological polar surface area (TPSA) is 49.7 Å². The van der Waals surface area contributed by atoms with Crippen LogP contribution in [0.15, 0.2) is 0 Å². The highest BCUT2D eigenvalue weighted by Crippen LogP contribution is 2.31. The molecule has 0 bridgehead atoms. The van der Waals surface area contributed by atoms with E-state index < -0.39 is 0 Å². The molecule has 0 saturated carbocycles. The van der Waals surface area contributed by atoms with Gasteiger partial charge in [0.2, 0.25) is 0 Å². The maximum absolute atomic E-state index is 9.00. The van der Waals surface area contributed by atoms with Crippen molar-refractivity contribution in [3.8, 4) is 0 Å². The average molecular weight is 174 g/mol. The molecule has 1 heterocycles.